The third kappa shape index (κ3) is 75.1. The van der Waals surface area contributed by atoms with Crippen LogP contribution in [0.3, 0.4) is 0 Å². The van der Waals surface area contributed by atoms with E-state index in [0.29, 0.717) is 45.4 Å². The van der Waals surface area contributed by atoms with Crippen LogP contribution in [0.1, 0.15) is 216 Å². The van der Waals surface area contributed by atoms with E-state index >= 15 is 0 Å². The zero-order valence-electron chi connectivity index (χ0n) is 78.7. The van der Waals surface area contributed by atoms with Crippen molar-refractivity contribution in [2.45, 2.75) is 239 Å². The standard InChI is InChI=1S/C84H135N15O30.C2H4O2/c1-82(2,3)127-78(122)19-12-34-85-47-72(116)91-43-58(102)22-28-69(113)94-50-75(119)97(10)53-61(105)25-31-66(110)88-41-56(100)17-15-37-98(76(120)51-95-70(114)29-23-59(103)44-92-73(117)48-86-35-13-20-79(123)128-83(4,5)6)54-62(106)26-32-67(111)89-42-57(101)18-16-38-99(55-63(107)27-33-68(112)90-46-65(109)39-64(108)40-81(125)126-11)77(121)52-96-71(115)30-24-60(104)45-93-74(118)49-87-36-14-21-80(124)129-84(7,8)9;1-4-2-3/h64,85-87,108H,12-55H2,1-11H3,(H,88,110)(H,89,111)(H,90,112)(H,91,116)(H,92,117)(H,93,118)(H,94,113)(H,95,114)(H,96,115);2H,1H3. The first kappa shape index (κ1) is 123. The zero-order valence-corrected chi connectivity index (χ0v) is 78.7. The van der Waals surface area contributed by atoms with Gasteiger partial charge in [-0.25, -0.2) is 0 Å². The maximum atomic E-state index is 13.7. The molecule has 0 aliphatic carbocycles. The van der Waals surface area contributed by atoms with Gasteiger partial charge < -0.3 is 107 Å². The number of carbonyl (C=O) groups is 26. The fraction of sp³-hybridized carbons (Fsp3) is 0.698. The minimum atomic E-state index is -1.38. The van der Waals surface area contributed by atoms with Crippen molar-refractivity contribution < 1.29 is 153 Å². The molecule has 0 radical (unpaired) electrons. The molecule has 0 bridgehead atoms. The van der Waals surface area contributed by atoms with Gasteiger partial charge in [0, 0.05) is 136 Å². The Morgan fingerprint density at radius 2 is 0.534 bits per heavy atom. The van der Waals surface area contributed by atoms with Gasteiger partial charge in [-0.15, -0.1) is 0 Å². The molecule has 0 fully saturated rings. The number of methoxy groups -OCH3 is 2. The zero-order chi connectivity index (χ0) is 101. The van der Waals surface area contributed by atoms with Crippen LogP contribution in [-0.2, 0) is 148 Å². The topological polar surface area (TPSA) is 664 Å². The Bertz CT molecular complexity index is 3910. The van der Waals surface area contributed by atoms with E-state index < -0.39 is 294 Å². The molecule has 0 aromatic rings. The summed E-state index contributed by atoms with van der Waals surface area (Å²) in [6.07, 6.45) is -6.42. The predicted octanol–water partition coefficient (Wildman–Crippen LogP) is -4.25. The Morgan fingerprint density at radius 3 is 0.812 bits per heavy atom. The first-order valence-corrected chi connectivity index (χ1v) is 43.7. The lowest BCUT2D eigenvalue weighted by Gasteiger charge is -2.22. The van der Waals surface area contributed by atoms with E-state index in [-0.39, 0.29) is 122 Å². The van der Waals surface area contributed by atoms with Gasteiger partial charge >= 0.3 is 23.9 Å². The smallest absolute Gasteiger partial charge is 0.308 e. The summed E-state index contributed by atoms with van der Waals surface area (Å²) >= 11 is 0. The average molecular weight is 1900 g/mol. The number of nitrogens with zero attached hydrogens (tertiary/aromatic N) is 3. The Kier molecular flexibility index (Phi) is 65.2. The molecule has 750 valence electrons. The number of aliphatic hydroxyl groups excluding tert-OH is 1. The SMILES string of the molecule is COC(=O)CC(O)CC(=O)CNC(=O)CCC(=O)CN(CCCC(=O)CNC(=O)CCC(=O)CN(CCCC(=O)CNC(=O)CCC(=O)CN(C)C(=O)CNC(=O)CCC(=O)CNC(=O)CNCCCC(=O)OC(C)(C)C)C(=O)CNC(=O)CCC(=O)CNC(=O)CNCCCC(=O)OC(C)(C)C)C(=O)CNC(=O)CCC(=O)CNC(=O)CNCCCC(=O)OC(C)(C)C.COC=O. The summed E-state index contributed by atoms with van der Waals surface area (Å²) in [6, 6.07) is 0. The number of rotatable bonds is 73. The lowest BCUT2D eigenvalue weighted by molar-refractivity contribution is -0.156. The highest BCUT2D eigenvalue weighted by molar-refractivity contribution is 5.97. The number of ether oxygens (including phenoxy) is 5. The molecule has 0 rings (SSSR count). The van der Waals surface area contributed by atoms with Crippen molar-refractivity contribution in [1.82, 2.24) is 78.5 Å². The summed E-state index contributed by atoms with van der Waals surface area (Å²) in [5.41, 5.74) is -1.92. The van der Waals surface area contributed by atoms with E-state index in [9.17, 15) is 125 Å². The van der Waals surface area contributed by atoms with Gasteiger partial charge in [0.15, 0.2) is 52.0 Å². The van der Waals surface area contributed by atoms with Crippen molar-refractivity contribution in [3.8, 4) is 0 Å². The second kappa shape index (κ2) is 70.6. The van der Waals surface area contributed by atoms with E-state index in [2.05, 4.69) is 73.3 Å². The number of likely N-dealkylation sites (N-methyl/N-ethyl adjacent to an activating group) is 1. The Balaban J connectivity index is 0. The van der Waals surface area contributed by atoms with Crippen molar-refractivity contribution >= 4 is 153 Å². The van der Waals surface area contributed by atoms with Gasteiger partial charge in [-0.05, 0) is 114 Å². The first-order valence-electron chi connectivity index (χ1n) is 43.7. The largest absolute Gasteiger partial charge is 0.471 e. The second-order valence-electron chi connectivity index (χ2n) is 33.5. The number of hydrogen-bond donors (Lipinski definition) is 13. The minimum absolute atomic E-state index is 0.111. The molecule has 0 aromatic carbocycles. The molecule has 0 saturated carbocycles. The van der Waals surface area contributed by atoms with E-state index in [1.54, 1.807) is 62.3 Å². The van der Waals surface area contributed by atoms with E-state index in [1.165, 1.54) is 14.2 Å². The average Bonchev–Trinajstić information content (AvgIpc) is 0.902. The third-order valence-electron chi connectivity index (χ3n) is 17.5. The molecule has 0 spiro atoms. The molecule has 133 heavy (non-hydrogen) atoms. The van der Waals surface area contributed by atoms with Gasteiger partial charge in [-0.3, -0.25) is 125 Å². The van der Waals surface area contributed by atoms with Gasteiger partial charge in [-0.1, -0.05) is 0 Å². The normalized spacial score (nSPS) is 11.1. The van der Waals surface area contributed by atoms with Crippen molar-refractivity contribution in [3.05, 3.63) is 0 Å². The van der Waals surface area contributed by atoms with Crippen molar-refractivity contribution in [3.63, 3.8) is 0 Å². The van der Waals surface area contributed by atoms with Crippen LogP contribution in [0.15, 0.2) is 0 Å². The van der Waals surface area contributed by atoms with Gasteiger partial charge in [-0.2, -0.15) is 0 Å². The lowest BCUT2D eigenvalue weighted by atomic mass is 10.1. The van der Waals surface area contributed by atoms with Crippen LogP contribution in [0, 0.1) is 0 Å². The summed E-state index contributed by atoms with van der Waals surface area (Å²) in [4.78, 5) is 327. The molecule has 0 aromatic heterocycles. The highest BCUT2D eigenvalue weighted by Crippen LogP contribution is 2.13. The van der Waals surface area contributed by atoms with Crippen LogP contribution < -0.4 is 63.8 Å². The minimum Gasteiger partial charge on any atom is -0.471 e. The molecule has 13 N–H and O–H groups in total. The van der Waals surface area contributed by atoms with Crippen LogP contribution in [0.4, 0.5) is 0 Å². The Hall–Kier alpha value is -12.1. The fourth-order valence-corrected chi connectivity index (χ4v) is 10.8. The van der Waals surface area contributed by atoms with Crippen LogP contribution >= 0.6 is 0 Å². The molecular weight excluding hydrogens is 1760 g/mol. The summed E-state index contributed by atoms with van der Waals surface area (Å²) in [5, 5.41) is 39.8. The Morgan fingerprint density at radius 1 is 0.286 bits per heavy atom. The van der Waals surface area contributed by atoms with Gasteiger partial charge in [0.2, 0.25) is 70.9 Å². The van der Waals surface area contributed by atoms with Crippen LogP contribution in [0.5, 0.6) is 0 Å². The van der Waals surface area contributed by atoms with Gasteiger partial charge in [0.1, 0.15) is 16.8 Å². The van der Waals surface area contributed by atoms with Gasteiger partial charge in [0.25, 0.3) is 6.47 Å². The van der Waals surface area contributed by atoms with Crippen molar-refractivity contribution in [2.24, 2.45) is 0 Å². The number of Topliss-reactive ketones (excluding diaryl/α,β-unsaturated/α-hetero) is 9. The number of carbonyl (C=O) groups excluding carboxylic acids is 26. The number of esters is 4. The summed E-state index contributed by atoms with van der Waals surface area (Å²) in [7, 11) is 3.68. The van der Waals surface area contributed by atoms with E-state index in [1.807, 2.05) is 0 Å². The predicted molar refractivity (Wildman–Crippen MR) is 471 cm³/mol. The molecule has 0 aliphatic rings. The lowest BCUT2D eigenvalue weighted by Crippen LogP contribution is -2.43. The van der Waals surface area contributed by atoms with Crippen LogP contribution in [0.2, 0.25) is 0 Å². The van der Waals surface area contributed by atoms with E-state index in [4.69, 9.17) is 19.0 Å². The molecule has 0 aliphatic heterocycles. The van der Waals surface area contributed by atoms with Gasteiger partial charge in [0.05, 0.1) is 125 Å². The molecule has 0 saturated heterocycles. The van der Waals surface area contributed by atoms with Crippen molar-refractivity contribution in [1.29, 1.82) is 0 Å². The maximum absolute atomic E-state index is 13.7. The molecule has 1 atom stereocenters. The highest BCUT2D eigenvalue weighted by atomic mass is 16.6. The Labute approximate surface area is 773 Å². The van der Waals surface area contributed by atoms with E-state index in [0.717, 1.165) is 21.8 Å². The summed E-state index contributed by atoms with van der Waals surface area (Å²) in [6.45, 7) is 9.31. The number of aliphatic hydroxyl groups is 1. The van der Waals surface area contributed by atoms with Crippen molar-refractivity contribution in [2.75, 3.05) is 152 Å². The number of nitrogens with one attached hydrogen (secondary N) is 12. The fourth-order valence-electron chi connectivity index (χ4n) is 10.8. The third-order valence-corrected chi connectivity index (χ3v) is 17.5. The highest BCUT2D eigenvalue weighted by Gasteiger charge is 2.27. The molecule has 47 nitrogen and oxygen atoms in total. The number of hydrogen-bond acceptors (Lipinski definition) is 35. The molecule has 0 heterocycles. The molecular formula is C86H139N15O32. The second-order valence-corrected chi connectivity index (χ2v) is 33.5. The molecule has 47 heteroatoms. The maximum Gasteiger partial charge on any atom is 0.308 e. The summed E-state index contributed by atoms with van der Waals surface area (Å²) < 4.78 is 24.0. The molecule has 1 unspecified atom stereocenters. The van der Waals surface area contributed by atoms with Crippen LogP contribution in [0.25, 0.3) is 0 Å². The molecule has 12 amide bonds. The number of ketones is 9. The number of amides is 12. The quantitative estimate of drug-likeness (QED) is 0.0119. The first-order chi connectivity index (χ1) is 62.3. The monoisotopic (exact) mass is 1890 g/mol. The van der Waals surface area contributed by atoms with Crippen LogP contribution in [-0.4, -0.2) is 348 Å². The summed E-state index contributed by atoms with van der Waals surface area (Å²) in [5.74, 6) is -15.6.